The summed E-state index contributed by atoms with van der Waals surface area (Å²) in [5, 5.41) is 15.0. The van der Waals surface area contributed by atoms with Crippen LogP contribution in [0.3, 0.4) is 0 Å². The predicted octanol–water partition coefficient (Wildman–Crippen LogP) is 1.21. The van der Waals surface area contributed by atoms with E-state index in [0.29, 0.717) is 18.8 Å². The molecule has 1 aromatic heterocycles. The second kappa shape index (κ2) is 5.87. The Hall–Kier alpha value is -2.85. The van der Waals surface area contributed by atoms with Crippen molar-refractivity contribution < 1.29 is 9.84 Å². The fourth-order valence-corrected chi connectivity index (χ4v) is 2.57. The Labute approximate surface area is 126 Å². The van der Waals surface area contributed by atoms with Crippen molar-refractivity contribution >= 4 is 11.4 Å². The van der Waals surface area contributed by atoms with Crippen LogP contribution in [0.15, 0.2) is 29.2 Å². The van der Waals surface area contributed by atoms with Crippen molar-refractivity contribution in [3.05, 3.63) is 57.3 Å². The number of rotatable bonds is 4. The highest BCUT2D eigenvalue weighted by Gasteiger charge is 2.25. The summed E-state index contributed by atoms with van der Waals surface area (Å²) in [6.45, 7) is 8.48. The van der Waals surface area contributed by atoms with Crippen molar-refractivity contribution in [2.75, 3.05) is 18.1 Å². The van der Waals surface area contributed by atoms with Crippen molar-refractivity contribution in [3.63, 3.8) is 0 Å². The first-order valence-corrected chi connectivity index (χ1v) is 6.79. The fraction of sp³-hybridized carbons (Fsp3) is 0.267. The summed E-state index contributed by atoms with van der Waals surface area (Å²) in [4.78, 5) is 16.9. The van der Waals surface area contributed by atoms with Crippen molar-refractivity contribution in [1.29, 1.82) is 0 Å². The van der Waals surface area contributed by atoms with E-state index in [0.717, 1.165) is 16.9 Å². The number of aromatic nitrogens is 2. The van der Waals surface area contributed by atoms with Crippen molar-refractivity contribution in [2.45, 2.75) is 13.1 Å². The van der Waals surface area contributed by atoms with Crippen LogP contribution in [0.5, 0.6) is 5.75 Å². The van der Waals surface area contributed by atoms with Gasteiger partial charge in [0.05, 0.1) is 25.1 Å². The molecule has 0 radical (unpaired) electrons. The molecule has 0 bridgehead atoms. The maximum absolute atomic E-state index is 11.7. The first-order chi connectivity index (χ1) is 10.7. The first-order valence-electron chi connectivity index (χ1n) is 6.79. The maximum atomic E-state index is 11.7. The van der Waals surface area contributed by atoms with Crippen LogP contribution in [-0.2, 0) is 13.1 Å². The third-order valence-corrected chi connectivity index (χ3v) is 3.55. The van der Waals surface area contributed by atoms with Gasteiger partial charge in [-0.1, -0.05) is 12.1 Å². The number of aromatic amines is 1. The monoisotopic (exact) mass is 298 g/mol. The highest BCUT2D eigenvalue weighted by Crippen LogP contribution is 2.36. The number of aliphatic hydroxyl groups excluding tert-OH is 1. The molecule has 7 heteroatoms. The molecule has 0 fully saturated rings. The van der Waals surface area contributed by atoms with Crippen LogP contribution in [0.25, 0.3) is 4.85 Å². The summed E-state index contributed by atoms with van der Waals surface area (Å²) in [5.41, 5.74) is 2.16. The molecule has 0 saturated carbocycles. The van der Waals surface area contributed by atoms with Crippen molar-refractivity contribution in [1.82, 2.24) is 10.2 Å². The minimum Gasteiger partial charge on any atom is -0.491 e. The molecule has 1 aromatic carbocycles. The number of nitrogens with one attached hydrogen (secondary N) is 1. The second-order valence-corrected chi connectivity index (χ2v) is 4.87. The minimum absolute atomic E-state index is 0.0423. The standard InChI is InChI=1S/C15H14N4O3/c1-16-14-12(7-17-18-15(14)21)19-8-10-3-2-4-13(11(10)9-19)22-6-5-20/h2-4,7,20H,5-6,8-9H2,(H,18,21). The molecule has 22 heavy (non-hydrogen) atoms. The van der Waals surface area contributed by atoms with E-state index in [2.05, 4.69) is 15.0 Å². The van der Waals surface area contributed by atoms with Crippen LogP contribution < -0.4 is 15.2 Å². The van der Waals surface area contributed by atoms with Gasteiger partial charge in [0.25, 0.3) is 11.2 Å². The van der Waals surface area contributed by atoms with E-state index in [9.17, 15) is 4.79 Å². The normalized spacial score (nSPS) is 12.8. The maximum Gasteiger partial charge on any atom is 0.275 e. The molecule has 3 rings (SSSR count). The predicted molar refractivity (Wildman–Crippen MR) is 80.0 cm³/mol. The molecule has 1 aliphatic rings. The Morgan fingerprint density at radius 1 is 1.45 bits per heavy atom. The van der Waals surface area contributed by atoms with Crippen LogP contribution in [0.4, 0.5) is 11.4 Å². The summed E-state index contributed by atoms with van der Waals surface area (Å²) in [6, 6.07) is 5.73. The zero-order chi connectivity index (χ0) is 15.5. The third-order valence-electron chi connectivity index (χ3n) is 3.55. The number of hydrogen-bond acceptors (Lipinski definition) is 5. The van der Waals surface area contributed by atoms with Gasteiger partial charge in [0.15, 0.2) is 0 Å². The topological polar surface area (TPSA) is 82.8 Å². The van der Waals surface area contributed by atoms with E-state index in [4.69, 9.17) is 16.4 Å². The molecule has 0 spiro atoms. The summed E-state index contributed by atoms with van der Waals surface area (Å²) in [5.74, 6) is 0.719. The Morgan fingerprint density at radius 3 is 3.09 bits per heavy atom. The summed E-state index contributed by atoms with van der Waals surface area (Å²) < 4.78 is 5.54. The van der Waals surface area contributed by atoms with Gasteiger partial charge in [0.1, 0.15) is 12.4 Å². The SMILES string of the molecule is [C-]#[N+]c1c(N2Cc3cccc(OCCO)c3C2)cn[nH]c1=O. The molecule has 2 aromatic rings. The van der Waals surface area contributed by atoms with Gasteiger partial charge < -0.3 is 14.7 Å². The van der Waals surface area contributed by atoms with Crippen LogP contribution in [0.2, 0.25) is 0 Å². The van der Waals surface area contributed by atoms with Crippen molar-refractivity contribution in [3.8, 4) is 5.75 Å². The molecule has 0 aliphatic carbocycles. The zero-order valence-electron chi connectivity index (χ0n) is 11.7. The molecule has 2 heterocycles. The highest BCUT2D eigenvalue weighted by atomic mass is 16.5. The smallest absolute Gasteiger partial charge is 0.275 e. The van der Waals surface area contributed by atoms with Crippen LogP contribution in [0, 0.1) is 6.57 Å². The van der Waals surface area contributed by atoms with Gasteiger partial charge in [0.2, 0.25) is 0 Å². The largest absolute Gasteiger partial charge is 0.491 e. The summed E-state index contributed by atoms with van der Waals surface area (Å²) >= 11 is 0. The molecule has 0 saturated heterocycles. The van der Waals surface area contributed by atoms with Gasteiger partial charge >= 0.3 is 0 Å². The lowest BCUT2D eigenvalue weighted by Gasteiger charge is -2.18. The molecule has 112 valence electrons. The number of anilines is 1. The Kier molecular flexibility index (Phi) is 3.76. The van der Waals surface area contributed by atoms with Gasteiger partial charge in [-0.05, 0) is 11.6 Å². The molecule has 7 nitrogen and oxygen atoms in total. The third kappa shape index (κ3) is 2.40. The lowest BCUT2D eigenvalue weighted by Crippen LogP contribution is -2.19. The van der Waals surface area contributed by atoms with Crippen LogP contribution in [0.1, 0.15) is 11.1 Å². The highest BCUT2D eigenvalue weighted by molar-refractivity contribution is 5.70. The number of hydrogen-bond donors (Lipinski definition) is 2. The van der Waals surface area contributed by atoms with Gasteiger partial charge in [0, 0.05) is 18.7 Å². The number of nitrogens with zero attached hydrogens (tertiary/aromatic N) is 3. The lowest BCUT2D eigenvalue weighted by atomic mass is 10.1. The number of ether oxygens (including phenoxy) is 1. The zero-order valence-corrected chi connectivity index (χ0v) is 11.7. The lowest BCUT2D eigenvalue weighted by molar-refractivity contribution is 0.200. The van der Waals surface area contributed by atoms with E-state index < -0.39 is 5.56 Å². The van der Waals surface area contributed by atoms with E-state index in [1.54, 1.807) is 0 Å². The van der Waals surface area contributed by atoms with Crippen LogP contribution in [-0.4, -0.2) is 28.5 Å². The van der Waals surface area contributed by atoms with E-state index in [-0.39, 0.29) is 18.9 Å². The molecule has 1 aliphatic heterocycles. The number of aliphatic hydroxyl groups is 1. The molecule has 0 amide bonds. The molecule has 0 unspecified atom stereocenters. The molecule has 0 atom stereocenters. The molecular formula is C15H14N4O3. The minimum atomic E-state index is -0.486. The van der Waals surface area contributed by atoms with Gasteiger partial charge in [-0.25, -0.2) is 4.85 Å². The average molecular weight is 298 g/mol. The van der Waals surface area contributed by atoms with Crippen molar-refractivity contribution in [2.24, 2.45) is 0 Å². The van der Waals surface area contributed by atoms with E-state index in [1.807, 2.05) is 23.1 Å². The van der Waals surface area contributed by atoms with Gasteiger partial charge in [-0.2, -0.15) is 5.10 Å². The first kappa shape index (κ1) is 14.1. The van der Waals surface area contributed by atoms with E-state index in [1.165, 1.54) is 6.20 Å². The average Bonchev–Trinajstić information content (AvgIpc) is 2.97. The summed E-state index contributed by atoms with van der Waals surface area (Å²) in [6.07, 6.45) is 1.49. The molecular weight excluding hydrogens is 284 g/mol. The number of H-pyrrole nitrogens is 1. The number of benzene rings is 1. The van der Waals surface area contributed by atoms with Crippen LogP contribution >= 0.6 is 0 Å². The summed E-state index contributed by atoms with van der Waals surface area (Å²) in [7, 11) is 0. The molecule has 2 N–H and O–H groups in total. The fourth-order valence-electron chi connectivity index (χ4n) is 2.57. The van der Waals surface area contributed by atoms with Gasteiger partial charge in [-0.15, -0.1) is 0 Å². The van der Waals surface area contributed by atoms with E-state index >= 15 is 0 Å². The van der Waals surface area contributed by atoms with Gasteiger partial charge in [-0.3, -0.25) is 9.89 Å². The Bertz CT molecular complexity index is 794. The number of fused-ring (bicyclic) bond motifs is 1. The Balaban J connectivity index is 1.94. The Morgan fingerprint density at radius 2 is 2.32 bits per heavy atom. The quantitative estimate of drug-likeness (QED) is 0.829. The second-order valence-electron chi connectivity index (χ2n) is 4.87.